The van der Waals surface area contributed by atoms with Crippen molar-refractivity contribution in [2.45, 2.75) is 19.4 Å². The summed E-state index contributed by atoms with van der Waals surface area (Å²) in [7, 11) is 0. The molecule has 1 atom stereocenters. The van der Waals surface area contributed by atoms with Gasteiger partial charge >= 0.3 is 5.97 Å². The Kier molecular flexibility index (Phi) is 6.95. The summed E-state index contributed by atoms with van der Waals surface area (Å²) in [5.74, 6) is -0.354. The van der Waals surface area contributed by atoms with E-state index in [0.717, 1.165) is 0 Å². The summed E-state index contributed by atoms with van der Waals surface area (Å²) in [6.07, 6.45) is 0.0922. The van der Waals surface area contributed by atoms with Crippen LogP contribution in [0, 0.1) is 0 Å². The first-order chi connectivity index (χ1) is 7.54. The maximum atomic E-state index is 11.2. The first-order valence-corrected chi connectivity index (χ1v) is 5.32. The molecule has 0 saturated carbocycles. The summed E-state index contributed by atoms with van der Waals surface area (Å²) in [4.78, 5) is 11.2. The monoisotopic (exact) mass is 279 g/mol. The van der Waals surface area contributed by atoms with Gasteiger partial charge in [0.1, 0.15) is 5.75 Å². The molecular weight excluding hydrogens is 265 g/mol. The molecule has 0 fully saturated rings. The van der Waals surface area contributed by atoms with Crippen molar-refractivity contribution in [2.75, 3.05) is 6.61 Å². The summed E-state index contributed by atoms with van der Waals surface area (Å²) in [6.45, 7) is 2.07. The van der Waals surface area contributed by atoms with Crippen LogP contribution in [0.2, 0.25) is 5.02 Å². The van der Waals surface area contributed by atoms with Crippen LogP contribution in [0.15, 0.2) is 18.2 Å². The molecule has 4 nitrogen and oxygen atoms in total. The predicted octanol–water partition coefficient (Wildman–Crippen LogP) is 2.42. The fourth-order valence-electron chi connectivity index (χ4n) is 1.27. The van der Waals surface area contributed by atoms with E-state index in [-0.39, 0.29) is 35.6 Å². The Morgan fingerprint density at radius 3 is 2.76 bits per heavy atom. The molecule has 1 aromatic rings. The highest BCUT2D eigenvalue weighted by Gasteiger charge is 2.13. The van der Waals surface area contributed by atoms with Crippen molar-refractivity contribution in [3.8, 4) is 5.75 Å². The van der Waals surface area contributed by atoms with Gasteiger partial charge in [-0.2, -0.15) is 0 Å². The largest absolute Gasteiger partial charge is 0.506 e. The van der Waals surface area contributed by atoms with Gasteiger partial charge in [0.2, 0.25) is 0 Å². The minimum absolute atomic E-state index is 0. The number of esters is 1. The lowest BCUT2D eigenvalue weighted by Gasteiger charge is -2.11. The van der Waals surface area contributed by atoms with Gasteiger partial charge in [-0.3, -0.25) is 4.79 Å². The predicted molar refractivity (Wildman–Crippen MR) is 68.5 cm³/mol. The lowest BCUT2D eigenvalue weighted by Crippen LogP contribution is -2.17. The number of hydrogen-bond donors (Lipinski definition) is 2. The molecule has 1 rings (SSSR count). The van der Waals surface area contributed by atoms with E-state index < -0.39 is 6.04 Å². The van der Waals surface area contributed by atoms with Gasteiger partial charge in [0.15, 0.2) is 0 Å². The Bertz CT molecular complexity index is 385. The van der Waals surface area contributed by atoms with Crippen molar-refractivity contribution in [1.82, 2.24) is 0 Å². The molecule has 0 radical (unpaired) electrons. The number of nitrogens with two attached hydrogens (primary N) is 1. The molecule has 3 N–H and O–H groups in total. The van der Waals surface area contributed by atoms with Crippen LogP contribution >= 0.6 is 24.0 Å². The van der Waals surface area contributed by atoms with E-state index in [1.807, 2.05) is 0 Å². The average Bonchev–Trinajstić information content (AvgIpc) is 2.22. The molecule has 0 unspecified atom stereocenters. The second-order valence-electron chi connectivity index (χ2n) is 3.33. The minimum Gasteiger partial charge on any atom is -0.506 e. The number of halogens is 2. The van der Waals surface area contributed by atoms with E-state index in [2.05, 4.69) is 0 Å². The van der Waals surface area contributed by atoms with Gasteiger partial charge in [-0.1, -0.05) is 17.7 Å². The highest BCUT2D eigenvalue weighted by atomic mass is 35.5. The van der Waals surface area contributed by atoms with Gasteiger partial charge in [0.25, 0.3) is 0 Å². The molecular formula is C11H15Cl2NO3. The van der Waals surface area contributed by atoms with Gasteiger partial charge < -0.3 is 15.6 Å². The summed E-state index contributed by atoms with van der Waals surface area (Å²) in [5.41, 5.74) is 6.49. The van der Waals surface area contributed by atoms with Crippen LogP contribution in [0.5, 0.6) is 5.75 Å². The topological polar surface area (TPSA) is 72.5 Å². The highest BCUT2D eigenvalue weighted by Crippen LogP contribution is 2.26. The number of carbonyl (C=O) groups is 1. The zero-order valence-corrected chi connectivity index (χ0v) is 10.9. The summed E-state index contributed by atoms with van der Waals surface area (Å²) in [5, 5.41) is 9.45. The highest BCUT2D eigenvalue weighted by molar-refractivity contribution is 6.32. The van der Waals surface area contributed by atoms with Crippen molar-refractivity contribution in [3.05, 3.63) is 28.8 Å². The quantitative estimate of drug-likeness (QED) is 0.831. The number of phenolic OH excluding ortho intramolecular Hbond substituents is 1. The lowest BCUT2D eigenvalue weighted by molar-refractivity contribution is -0.143. The Morgan fingerprint density at radius 2 is 2.24 bits per heavy atom. The summed E-state index contributed by atoms with van der Waals surface area (Å²) in [6, 6.07) is 4.14. The normalized spacial score (nSPS) is 11.5. The Balaban J connectivity index is 0.00000256. The fourth-order valence-corrected chi connectivity index (χ4v) is 1.46. The number of hydrogen-bond acceptors (Lipinski definition) is 4. The Morgan fingerprint density at radius 1 is 1.59 bits per heavy atom. The van der Waals surface area contributed by atoms with Crippen molar-refractivity contribution >= 4 is 30.0 Å². The number of phenols is 1. The van der Waals surface area contributed by atoms with Crippen molar-refractivity contribution in [2.24, 2.45) is 5.73 Å². The molecule has 1 aromatic carbocycles. The van der Waals surface area contributed by atoms with Crippen molar-refractivity contribution in [3.63, 3.8) is 0 Å². The molecule has 0 aromatic heterocycles. The van der Waals surface area contributed by atoms with Gasteiger partial charge in [-0.05, 0) is 24.6 Å². The molecule has 17 heavy (non-hydrogen) atoms. The molecule has 96 valence electrons. The number of ether oxygens (including phenoxy) is 1. The maximum absolute atomic E-state index is 11.2. The van der Waals surface area contributed by atoms with Crippen LogP contribution in [0.4, 0.5) is 0 Å². The first kappa shape index (κ1) is 16.0. The van der Waals surface area contributed by atoms with Crippen molar-refractivity contribution < 1.29 is 14.6 Å². The third-order valence-electron chi connectivity index (χ3n) is 2.09. The van der Waals surface area contributed by atoms with E-state index in [0.29, 0.717) is 12.2 Å². The van der Waals surface area contributed by atoms with Crippen molar-refractivity contribution in [1.29, 1.82) is 0 Å². The van der Waals surface area contributed by atoms with E-state index >= 15 is 0 Å². The zero-order valence-electron chi connectivity index (χ0n) is 9.35. The van der Waals surface area contributed by atoms with Gasteiger partial charge in [-0.15, -0.1) is 12.4 Å². The van der Waals surface area contributed by atoms with Gasteiger partial charge in [-0.25, -0.2) is 0 Å². The number of carbonyl (C=O) groups excluding carboxylic acids is 1. The molecule has 0 bridgehead atoms. The second kappa shape index (κ2) is 7.37. The molecule has 0 aliphatic rings. The Labute approximate surface area is 111 Å². The third kappa shape index (κ3) is 4.81. The third-order valence-corrected chi connectivity index (χ3v) is 2.39. The molecule has 0 aliphatic carbocycles. The number of rotatable bonds is 4. The van der Waals surface area contributed by atoms with Crippen LogP contribution in [0.3, 0.4) is 0 Å². The maximum Gasteiger partial charge on any atom is 0.307 e. The van der Waals surface area contributed by atoms with Crippen LogP contribution < -0.4 is 5.73 Å². The van der Waals surface area contributed by atoms with E-state index in [4.69, 9.17) is 22.1 Å². The molecule has 6 heteroatoms. The fraction of sp³-hybridized carbons (Fsp3) is 0.364. The standard InChI is InChI=1S/C11H14ClNO3.ClH/c1-2-16-11(15)6-9(13)7-3-4-10(14)8(12)5-7;/h3-5,9,14H,2,6,13H2,1H3;1H/t9-;/m1./s1. The first-order valence-electron chi connectivity index (χ1n) is 4.94. The Hall–Kier alpha value is -0.970. The van der Waals surface area contributed by atoms with Crippen LogP contribution in [-0.4, -0.2) is 17.7 Å². The SMILES string of the molecule is CCOC(=O)C[C@@H](N)c1ccc(O)c(Cl)c1.Cl. The van der Waals surface area contributed by atoms with Gasteiger partial charge in [0.05, 0.1) is 18.1 Å². The summed E-state index contributed by atoms with van der Waals surface area (Å²) >= 11 is 5.73. The summed E-state index contributed by atoms with van der Waals surface area (Å²) < 4.78 is 4.79. The number of benzene rings is 1. The zero-order chi connectivity index (χ0) is 12.1. The minimum atomic E-state index is -0.475. The average molecular weight is 280 g/mol. The van der Waals surface area contributed by atoms with Crippen LogP contribution in [0.25, 0.3) is 0 Å². The molecule has 0 amide bonds. The molecule has 0 aliphatic heterocycles. The number of aromatic hydroxyl groups is 1. The lowest BCUT2D eigenvalue weighted by atomic mass is 10.0. The van der Waals surface area contributed by atoms with E-state index in [1.165, 1.54) is 6.07 Å². The molecule has 0 spiro atoms. The van der Waals surface area contributed by atoms with Crippen LogP contribution in [0.1, 0.15) is 24.9 Å². The van der Waals surface area contributed by atoms with Gasteiger partial charge in [0, 0.05) is 6.04 Å². The van der Waals surface area contributed by atoms with E-state index in [9.17, 15) is 9.90 Å². The molecule has 0 saturated heterocycles. The smallest absolute Gasteiger partial charge is 0.307 e. The molecule has 0 heterocycles. The second-order valence-corrected chi connectivity index (χ2v) is 3.73. The van der Waals surface area contributed by atoms with Crippen LogP contribution in [-0.2, 0) is 9.53 Å². The van der Waals surface area contributed by atoms with E-state index in [1.54, 1.807) is 19.1 Å².